The number of quaternary nitrogens is 1. The van der Waals surface area contributed by atoms with Crippen LogP contribution in [0, 0.1) is 0 Å². The minimum Gasteiger partial charge on any atom is -0.456 e. The van der Waals surface area contributed by atoms with Crippen LogP contribution in [0.25, 0.3) is 0 Å². The SMILES string of the molecule is CCCCC/C=C\C/C=C\CCCCCCCCCCCCCC(=O)NC(COP(=O)(O)OCC[N+](C)(C)C)C(/C=C/CCCCCCCCCCCC)OC(=O)CCCCCCCCCCCCCCC/C=C/CCCCCCCC. The smallest absolute Gasteiger partial charge is 0.456 e. The Morgan fingerprint density at radius 1 is 0.427 bits per heavy atom. The van der Waals surface area contributed by atoms with Crippen LogP contribution in [0.2, 0.25) is 0 Å². The number of nitrogens with one attached hydrogen (secondary N) is 1. The molecule has 0 rings (SSSR count). The van der Waals surface area contributed by atoms with Gasteiger partial charge in [0.05, 0.1) is 33.8 Å². The molecule has 2 N–H and O–H groups in total. The highest BCUT2D eigenvalue weighted by molar-refractivity contribution is 7.47. The minimum absolute atomic E-state index is 0.0411. The van der Waals surface area contributed by atoms with Crippen molar-refractivity contribution in [3.05, 3.63) is 48.6 Å². The molecule has 9 nitrogen and oxygen atoms in total. The zero-order chi connectivity index (χ0) is 60.0. The fraction of sp³-hybridized carbons (Fsp3) is 0.861. The molecule has 0 aliphatic rings. The second-order valence-electron chi connectivity index (χ2n) is 25.4. The molecule has 0 saturated carbocycles. The number of hydrogen-bond donors (Lipinski definition) is 2. The van der Waals surface area contributed by atoms with E-state index in [4.69, 9.17) is 13.8 Å². The standard InChI is InChI=1S/C72H137N2O7P/c1-7-10-13-16-19-22-25-28-30-32-34-36-37-39-41-43-45-47-50-53-56-59-62-65-72(76)81-70(63-60-57-54-51-48-27-24-21-18-15-12-9-3)69(68-80-82(77,78)79-67-66-74(4,5)6)73-71(75)64-61-58-55-52-49-46-44-42-40-38-35-33-31-29-26-23-20-17-14-11-8-2/h20,23,28-31,60,63,69-70H,7-19,21-22,24-27,32-59,61-62,64-68H2,1-6H3,(H-,73,75,77,78)/p+1/b23-20-,30-28+,31-29-,63-60+. The summed E-state index contributed by atoms with van der Waals surface area (Å²) in [5.41, 5.74) is 0. The van der Waals surface area contributed by atoms with E-state index < -0.39 is 20.0 Å². The summed E-state index contributed by atoms with van der Waals surface area (Å²) in [6.45, 7) is 7.03. The highest BCUT2D eigenvalue weighted by Gasteiger charge is 2.30. The molecule has 0 aliphatic heterocycles. The zero-order valence-corrected chi connectivity index (χ0v) is 56.1. The first kappa shape index (κ1) is 80.0. The monoisotopic (exact) mass is 1170 g/mol. The van der Waals surface area contributed by atoms with Gasteiger partial charge < -0.3 is 19.4 Å². The summed E-state index contributed by atoms with van der Waals surface area (Å²) in [5.74, 6) is -0.492. The quantitative estimate of drug-likeness (QED) is 0.0205. The van der Waals surface area contributed by atoms with Gasteiger partial charge in [0.2, 0.25) is 5.91 Å². The molecule has 0 heterocycles. The lowest BCUT2D eigenvalue weighted by molar-refractivity contribution is -0.870. The van der Waals surface area contributed by atoms with E-state index in [1.807, 2.05) is 33.3 Å². The number of carbonyl (C=O) groups is 2. The number of esters is 1. The average Bonchev–Trinajstić information content (AvgIpc) is 3.44. The summed E-state index contributed by atoms with van der Waals surface area (Å²) < 4.78 is 30.8. The number of hydrogen-bond acceptors (Lipinski definition) is 6. The van der Waals surface area contributed by atoms with Gasteiger partial charge in [-0.3, -0.25) is 18.6 Å². The van der Waals surface area contributed by atoms with E-state index in [-0.39, 0.29) is 25.1 Å². The van der Waals surface area contributed by atoms with Crippen molar-refractivity contribution >= 4 is 19.7 Å². The average molecular weight is 1170 g/mol. The lowest BCUT2D eigenvalue weighted by Crippen LogP contribution is -2.47. The topological polar surface area (TPSA) is 111 Å². The second-order valence-corrected chi connectivity index (χ2v) is 26.9. The van der Waals surface area contributed by atoms with Gasteiger partial charge in [0.1, 0.15) is 19.3 Å². The van der Waals surface area contributed by atoms with Crippen LogP contribution in [0.1, 0.15) is 348 Å². The maximum atomic E-state index is 13.6. The van der Waals surface area contributed by atoms with Gasteiger partial charge in [-0.25, -0.2) is 4.57 Å². The summed E-state index contributed by atoms with van der Waals surface area (Å²) in [6, 6.07) is -0.849. The van der Waals surface area contributed by atoms with E-state index in [0.29, 0.717) is 23.9 Å². The van der Waals surface area contributed by atoms with Gasteiger partial charge in [0.15, 0.2) is 0 Å². The predicted molar refractivity (Wildman–Crippen MR) is 355 cm³/mol. The second kappa shape index (κ2) is 62.0. The third kappa shape index (κ3) is 62.5. The predicted octanol–water partition coefficient (Wildman–Crippen LogP) is 22.4. The van der Waals surface area contributed by atoms with E-state index in [9.17, 15) is 19.0 Å². The molecular weight excluding hydrogens is 1040 g/mol. The Labute approximate surface area is 509 Å². The normalized spacial score (nSPS) is 13.8. The fourth-order valence-electron chi connectivity index (χ4n) is 10.5. The first-order chi connectivity index (χ1) is 39.9. The Bertz CT molecular complexity index is 1540. The number of rotatable bonds is 65. The van der Waals surface area contributed by atoms with Crippen LogP contribution in [0.15, 0.2) is 48.6 Å². The molecule has 0 aromatic carbocycles. The molecule has 82 heavy (non-hydrogen) atoms. The highest BCUT2D eigenvalue weighted by atomic mass is 31.2. The molecule has 3 atom stereocenters. The Kier molecular flexibility index (Phi) is 60.5. The van der Waals surface area contributed by atoms with Gasteiger partial charge in [-0.05, 0) is 89.5 Å². The number of amides is 1. The van der Waals surface area contributed by atoms with Crippen molar-refractivity contribution in [3.8, 4) is 0 Å². The fourth-order valence-corrected chi connectivity index (χ4v) is 11.2. The summed E-state index contributed by atoms with van der Waals surface area (Å²) in [7, 11) is 1.51. The zero-order valence-electron chi connectivity index (χ0n) is 55.2. The molecule has 0 aromatic heterocycles. The van der Waals surface area contributed by atoms with Crippen molar-refractivity contribution in [1.82, 2.24) is 5.32 Å². The maximum absolute atomic E-state index is 13.6. The van der Waals surface area contributed by atoms with Gasteiger partial charge in [-0.15, -0.1) is 0 Å². The molecule has 0 radical (unpaired) electrons. The molecule has 0 spiro atoms. The van der Waals surface area contributed by atoms with Crippen LogP contribution in [0.4, 0.5) is 0 Å². The van der Waals surface area contributed by atoms with Crippen molar-refractivity contribution in [2.75, 3.05) is 40.9 Å². The highest BCUT2D eigenvalue weighted by Crippen LogP contribution is 2.43. The Hall–Kier alpha value is -2.03. The molecule has 0 aromatic rings. The number of nitrogens with zero attached hydrogens (tertiary/aromatic N) is 1. The Morgan fingerprint density at radius 3 is 1.13 bits per heavy atom. The van der Waals surface area contributed by atoms with Crippen molar-refractivity contribution in [3.63, 3.8) is 0 Å². The summed E-state index contributed by atoms with van der Waals surface area (Å²) >= 11 is 0. The Morgan fingerprint density at radius 2 is 0.744 bits per heavy atom. The minimum atomic E-state index is -4.45. The first-order valence-electron chi connectivity index (χ1n) is 35.5. The molecule has 1 amide bonds. The van der Waals surface area contributed by atoms with Crippen LogP contribution in [-0.2, 0) is 27.9 Å². The van der Waals surface area contributed by atoms with E-state index >= 15 is 0 Å². The number of likely N-dealkylation sites (N-methyl/N-ethyl adjacent to an activating group) is 1. The van der Waals surface area contributed by atoms with Crippen molar-refractivity contribution in [1.29, 1.82) is 0 Å². The van der Waals surface area contributed by atoms with Crippen LogP contribution in [0.3, 0.4) is 0 Å². The number of phosphoric acid groups is 1. The third-order valence-corrected chi connectivity index (χ3v) is 17.0. The van der Waals surface area contributed by atoms with E-state index in [2.05, 4.69) is 62.5 Å². The molecule has 0 saturated heterocycles. The van der Waals surface area contributed by atoms with Gasteiger partial charge in [0.25, 0.3) is 0 Å². The van der Waals surface area contributed by atoms with Crippen molar-refractivity contribution < 1.29 is 37.3 Å². The van der Waals surface area contributed by atoms with Gasteiger partial charge >= 0.3 is 13.8 Å². The number of allylic oxidation sites excluding steroid dienone is 7. The maximum Gasteiger partial charge on any atom is 0.472 e. The van der Waals surface area contributed by atoms with Crippen molar-refractivity contribution in [2.45, 2.75) is 360 Å². The Balaban J connectivity index is 5.06. The molecular formula is C72H138N2O7P+. The van der Waals surface area contributed by atoms with E-state index in [1.165, 1.54) is 250 Å². The molecule has 0 fully saturated rings. The molecule has 482 valence electrons. The lowest BCUT2D eigenvalue weighted by Gasteiger charge is -2.27. The van der Waals surface area contributed by atoms with Gasteiger partial charge in [-0.1, -0.05) is 294 Å². The molecule has 0 bridgehead atoms. The molecule has 10 heteroatoms. The first-order valence-corrected chi connectivity index (χ1v) is 37.0. The van der Waals surface area contributed by atoms with Gasteiger partial charge in [0, 0.05) is 12.8 Å². The van der Waals surface area contributed by atoms with E-state index in [0.717, 1.165) is 64.2 Å². The van der Waals surface area contributed by atoms with Crippen LogP contribution >= 0.6 is 7.82 Å². The molecule has 0 aliphatic carbocycles. The summed E-state index contributed by atoms with van der Waals surface area (Å²) in [5, 5.41) is 3.07. The largest absolute Gasteiger partial charge is 0.472 e. The van der Waals surface area contributed by atoms with Crippen LogP contribution < -0.4 is 5.32 Å². The number of carbonyl (C=O) groups excluding carboxylic acids is 2. The third-order valence-electron chi connectivity index (χ3n) is 16.0. The van der Waals surface area contributed by atoms with Gasteiger partial charge in [-0.2, -0.15) is 0 Å². The molecule has 3 unspecified atom stereocenters. The summed E-state index contributed by atoms with van der Waals surface area (Å²) in [6.07, 6.45) is 78.3. The van der Waals surface area contributed by atoms with Crippen LogP contribution in [-0.4, -0.2) is 74.3 Å². The number of ether oxygens (including phenoxy) is 1. The number of unbranched alkanes of at least 4 members (excludes halogenated alkanes) is 43. The van der Waals surface area contributed by atoms with Crippen molar-refractivity contribution in [2.24, 2.45) is 0 Å². The van der Waals surface area contributed by atoms with Crippen LogP contribution in [0.5, 0.6) is 0 Å². The lowest BCUT2D eigenvalue weighted by atomic mass is 10.0. The number of phosphoric ester groups is 1. The summed E-state index contributed by atoms with van der Waals surface area (Å²) in [4.78, 5) is 37.9. The van der Waals surface area contributed by atoms with E-state index in [1.54, 1.807) is 0 Å².